The Morgan fingerprint density at radius 2 is 1.76 bits per heavy atom. The lowest BCUT2D eigenvalue weighted by Gasteiger charge is -2.37. The summed E-state index contributed by atoms with van der Waals surface area (Å²) in [6.45, 7) is 7.00. The molecule has 0 aliphatic carbocycles. The van der Waals surface area contributed by atoms with Gasteiger partial charge in [0.1, 0.15) is 6.04 Å². The molecule has 2 aliphatic rings. The fourth-order valence-electron chi connectivity index (χ4n) is 4.84. The molecule has 180 valence electrons. The molecule has 1 amide bonds. The molecule has 0 spiro atoms. The summed E-state index contributed by atoms with van der Waals surface area (Å²) in [5, 5.41) is 1.45. The highest BCUT2D eigenvalue weighted by atomic mass is 35.5. The zero-order valence-corrected chi connectivity index (χ0v) is 21.6. The van der Waals surface area contributed by atoms with Gasteiger partial charge in [0.2, 0.25) is 15.9 Å². The molecule has 10 heteroatoms. The van der Waals surface area contributed by atoms with Crippen molar-refractivity contribution in [3.63, 3.8) is 0 Å². The maximum atomic E-state index is 13.4. The maximum absolute atomic E-state index is 13.4. The van der Waals surface area contributed by atoms with E-state index in [9.17, 15) is 13.2 Å². The van der Waals surface area contributed by atoms with E-state index in [1.165, 1.54) is 32.3 Å². The third kappa shape index (κ3) is 4.30. The molecule has 5 rings (SSSR count). The van der Waals surface area contributed by atoms with Crippen LogP contribution in [0.1, 0.15) is 24.0 Å². The summed E-state index contributed by atoms with van der Waals surface area (Å²) < 4.78 is 29.0. The summed E-state index contributed by atoms with van der Waals surface area (Å²) in [4.78, 5) is 22.4. The summed E-state index contributed by atoms with van der Waals surface area (Å²) in [6.07, 6.45) is 1.22. The van der Waals surface area contributed by atoms with E-state index in [0.717, 1.165) is 10.6 Å². The zero-order chi connectivity index (χ0) is 24.0. The van der Waals surface area contributed by atoms with Crippen LogP contribution in [0.5, 0.6) is 0 Å². The second kappa shape index (κ2) is 9.11. The molecule has 3 heterocycles. The first kappa shape index (κ1) is 23.5. The van der Waals surface area contributed by atoms with Gasteiger partial charge < -0.3 is 9.80 Å². The van der Waals surface area contributed by atoms with Crippen molar-refractivity contribution in [2.24, 2.45) is 0 Å². The van der Waals surface area contributed by atoms with Gasteiger partial charge in [0.15, 0.2) is 5.13 Å². The Hall–Kier alpha value is -2.20. The smallest absolute Gasteiger partial charge is 0.243 e. The molecule has 1 atom stereocenters. The number of hydrogen-bond acceptors (Lipinski definition) is 6. The highest BCUT2D eigenvalue weighted by molar-refractivity contribution is 7.89. The van der Waals surface area contributed by atoms with Crippen molar-refractivity contribution < 1.29 is 13.2 Å². The molecular formula is C24H27ClN4O3S2. The molecule has 2 saturated heterocycles. The van der Waals surface area contributed by atoms with E-state index in [1.54, 1.807) is 28.4 Å². The number of aryl methyl sites for hydroxylation is 2. The van der Waals surface area contributed by atoms with Crippen LogP contribution < -0.4 is 4.90 Å². The number of piperazine rings is 1. The van der Waals surface area contributed by atoms with Crippen LogP contribution in [-0.4, -0.2) is 67.3 Å². The van der Waals surface area contributed by atoms with Gasteiger partial charge in [-0.3, -0.25) is 4.79 Å². The van der Waals surface area contributed by atoms with E-state index in [-0.39, 0.29) is 10.8 Å². The Morgan fingerprint density at radius 1 is 1.06 bits per heavy atom. The molecule has 34 heavy (non-hydrogen) atoms. The zero-order valence-electron chi connectivity index (χ0n) is 19.2. The SMILES string of the molecule is Cc1cc(C)c2nc(N3CCN(C(=O)C4CCCN4S(=O)(=O)c4ccc(Cl)cc4)CC3)sc2c1. The number of aromatic nitrogens is 1. The minimum absolute atomic E-state index is 0.106. The number of hydrogen-bond donors (Lipinski definition) is 0. The summed E-state index contributed by atoms with van der Waals surface area (Å²) in [5.41, 5.74) is 3.44. The summed E-state index contributed by atoms with van der Waals surface area (Å²) in [7, 11) is -3.76. The van der Waals surface area contributed by atoms with Crippen LogP contribution in [0.2, 0.25) is 5.02 Å². The van der Waals surface area contributed by atoms with Gasteiger partial charge in [0.05, 0.1) is 15.1 Å². The number of carbonyl (C=O) groups is 1. The number of halogens is 1. The molecule has 2 aromatic carbocycles. The molecule has 0 bridgehead atoms. The molecule has 2 fully saturated rings. The van der Waals surface area contributed by atoms with Gasteiger partial charge in [0.25, 0.3) is 0 Å². The molecule has 0 radical (unpaired) electrons. The van der Waals surface area contributed by atoms with Crippen LogP contribution in [0, 0.1) is 13.8 Å². The number of carbonyl (C=O) groups excluding carboxylic acids is 1. The number of rotatable bonds is 4. The third-order valence-electron chi connectivity index (χ3n) is 6.59. The van der Waals surface area contributed by atoms with Crippen LogP contribution in [-0.2, 0) is 14.8 Å². The van der Waals surface area contributed by atoms with Crippen molar-refractivity contribution in [2.75, 3.05) is 37.6 Å². The minimum Gasteiger partial charge on any atom is -0.345 e. The Kier molecular flexibility index (Phi) is 6.31. The molecule has 3 aromatic rings. The largest absolute Gasteiger partial charge is 0.345 e. The lowest BCUT2D eigenvalue weighted by molar-refractivity contribution is -0.134. The highest BCUT2D eigenvalue weighted by Gasteiger charge is 2.41. The average molecular weight is 519 g/mol. The molecule has 1 aromatic heterocycles. The topological polar surface area (TPSA) is 73.8 Å². The first-order chi connectivity index (χ1) is 16.2. The summed E-state index contributed by atoms with van der Waals surface area (Å²) in [5.74, 6) is -0.106. The Bertz CT molecular complexity index is 1330. The minimum atomic E-state index is -3.76. The second-order valence-electron chi connectivity index (χ2n) is 8.97. The number of sulfonamides is 1. The lowest BCUT2D eigenvalue weighted by Crippen LogP contribution is -2.54. The second-order valence-corrected chi connectivity index (χ2v) is 12.3. The number of thiazole rings is 1. The molecule has 0 saturated carbocycles. The first-order valence-corrected chi connectivity index (χ1v) is 14.1. The van der Waals surface area contributed by atoms with Gasteiger partial charge in [-0.15, -0.1) is 0 Å². The molecule has 2 aliphatic heterocycles. The van der Waals surface area contributed by atoms with E-state index in [0.29, 0.717) is 50.6 Å². The molecular weight excluding hydrogens is 492 g/mol. The third-order valence-corrected chi connectivity index (χ3v) is 9.83. The number of nitrogens with zero attached hydrogens (tertiary/aromatic N) is 4. The van der Waals surface area contributed by atoms with Gasteiger partial charge in [0, 0.05) is 37.7 Å². The van der Waals surface area contributed by atoms with Crippen LogP contribution in [0.15, 0.2) is 41.3 Å². The number of benzene rings is 2. The predicted octanol–water partition coefficient (Wildman–Crippen LogP) is 4.07. The van der Waals surface area contributed by atoms with Crippen LogP contribution in [0.3, 0.4) is 0 Å². The van der Waals surface area contributed by atoms with Crippen LogP contribution in [0.25, 0.3) is 10.2 Å². The Labute approximate surface area is 209 Å². The Balaban J connectivity index is 1.28. The van der Waals surface area contributed by atoms with Crippen molar-refractivity contribution in [1.29, 1.82) is 0 Å². The summed E-state index contributed by atoms with van der Waals surface area (Å²) in [6, 6.07) is 9.78. The van der Waals surface area contributed by atoms with Crippen LogP contribution >= 0.6 is 22.9 Å². The average Bonchev–Trinajstić information content (AvgIpc) is 3.47. The standard InChI is InChI=1S/C24H27ClN4O3S2/c1-16-14-17(2)22-21(15-16)33-24(26-22)28-12-10-27(11-13-28)23(30)20-4-3-9-29(20)34(31,32)19-7-5-18(25)6-8-19/h5-8,14-15,20H,3-4,9-13H2,1-2H3. The van der Waals surface area contributed by atoms with Gasteiger partial charge in [-0.2, -0.15) is 4.31 Å². The first-order valence-electron chi connectivity index (χ1n) is 11.4. The lowest BCUT2D eigenvalue weighted by atomic mass is 10.1. The molecule has 7 nitrogen and oxygen atoms in total. The van der Waals surface area contributed by atoms with Crippen molar-refractivity contribution in [3.8, 4) is 0 Å². The fraction of sp³-hybridized carbons (Fsp3) is 0.417. The maximum Gasteiger partial charge on any atom is 0.243 e. The fourth-order valence-corrected chi connectivity index (χ4v) is 7.81. The van der Waals surface area contributed by atoms with Gasteiger partial charge in [-0.25, -0.2) is 13.4 Å². The number of anilines is 1. The van der Waals surface area contributed by atoms with E-state index >= 15 is 0 Å². The van der Waals surface area contributed by atoms with E-state index in [4.69, 9.17) is 16.6 Å². The van der Waals surface area contributed by atoms with E-state index in [2.05, 4.69) is 30.9 Å². The predicted molar refractivity (Wildman–Crippen MR) is 136 cm³/mol. The monoisotopic (exact) mass is 518 g/mol. The quantitative estimate of drug-likeness (QED) is 0.520. The van der Waals surface area contributed by atoms with Crippen molar-refractivity contribution in [3.05, 3.63) is 52.5 Å². The molecule has 0 N–H and O–H groups in total. The van der Waals surface area contributed by atoms with Gasteiger partial charge in [-0.05, 0) is 68.1 Å². The normalized spacial score (nSPS) is 19.8. The van der Waals surface area contributed by atoms with Gasteiger partial charge in [-0.1, -0.05) is 29.0 Å². The van der Waals surface area contributed by atoms with Gasteiger partial charge >= 0.3 is 0 Å². The number of amides is 1. The van der Waals surface area contributed by atoms with Crippen LogP contribution in [0.4, 0.5) is 5.13 Å². The summed E-state index contributed by atoms with van der Waals surface area (Å²) >= 11 is 7.60. The Morgan fingerprint density at radius 3 is 2.47 bits per heavy atom. The van der Waals surface area contributed by atoms with Crippen molar-refractivity contribution >= 4 is 54.2 Å². The van der Waals surface area contributed by atoms with Crippen molar-refractivity contribution in [2.45, 2.75) is 37.6 Å². The molecule has 1 unspecified atom stereocenters. The number of fused-ring (bicyclic) bond motifs is 1. The van der Waals surface area contributed by atoms with E-state index < -0.39 is 16.1 Å². The highest BCUT2D eigenvalue weighted by Crippen LogP contribution is 2.33. The van der Waals surface area contributed by atoms with E-state index in [1.807, 2.05) is 0 Å². The van der Waals surface area contributed by atoms with Crippen molar-refractivity contribution in [1.82, 2.24) is 14.2 Å².